The van der Waals surface area contributed by atoms with Crippen LogP contribution in [0.4, 0.5) is 9.59 Å². The lowest BCUT2D eigenvalue weighted by molar-refractivity contribution is 0.0168. The third-order valence-electron chi connectivity index (χ3n) is 11.1. The van der Waals surface area contributed by atoms with Crippen LogP contribution in [0.25, 0.3) is 5.70 Å². The van der Waals surface area contributed by atoms with Crippen LogP contribution in [-0.2, 0) is 9.47 Å². The molecule has 17 heteroatoms. The number of piperidine rings is 2. The molecule has 15 nitrogen and oxygen atoms in total. The second-order valence-electron chi connectivity index (χ2n) is 17.6. The number of amides is 5. The van der Waals surface area contributed by atoms with Crippen molar-refractivity contribution in [1.82, 2.24) is 19.6 Å². The molecule has 2 aromatic carbocycles. The van der Waals surface area contributed by atoms with Gasteiger partial charge in [0.1, 0.15) is 11.2 Å². The second-order valence-corrected chi connectivity index (χ2v) is 17.6. The van der Waals surface area contributed by atoms with Crippen molar-refractivity contribution < 1.29 is 52.4 Å². The fourth-order valence-electron chi connectivity index (χ4n) is 7.97. The average molecular weight is 1090 g/mol. The van der Waals surface area contributed by atoms with Gasteiger partial charge in [-0.3, -0.25) is 19.3 Å². The Morgan fingerprint density at radius 3 is 1.24 bits per heavy atom. The number of rotatable bonds is 6. The van der Waals surface area contributed by atoms with Gasteiger partial charge in [0.05, 0.1) is 16.7 Å². The van der Waals surface area contributed by atoms with Crippen molar-refractivity contribution in [1.29, 1.82) is 0 Å². The van der Waals surface area contributed by atoms with Crippen molar-refractivity contribution in [3.63, 3.8) is 0 Å². The molecule has 0 radical (unpaired) electrons. The summed E-state index contributed by atoms with van der Waals surface area (Å²) in [4.78, 5) is 73.1. The van der Waals surface area contributed by atoms with E-state index in [1.165, 1.54) is 4.90 Å². The Bertz CT molecular complexity index is 1770. The molecule has 2 fully saturated rings. The first kappa shape index (κ1) is 49.0. The molecule has 0 bridgehead atoms. The van der Waals surface area contributed by atoms with Crippen molar-refractivity contribution in [2.24, 2.45) is 11.8 Å². The lowest BCUT2D eigenvalue weighted by Gasteiger charge is -2.34. The Morgan fingerprint density at radius 2 is 0.887 bits per heavy atom. The van der Waals surface area contributed by atoms with Gasteiger partial charge in [0, 0.05) is 50.5 Å². The van der Waals surface area contributed by atoms with Crippen LogP contribution in [-0.4, -0.2) is 123 Å². The maximum Gasteiger partial charge on any atom is 0.410 e. The highest BCUT2D eigenvalue weighted by molar-refractivity contribution is 14.1. The SMILES string of the molecule is C=C1c2cc3c(cc2C(=O)N1CCC1CCN(C(=O)OC(C)(C)C)CC1)OCO3.CC(C)(C)OC(=O)N1CCC(CCN2C(=O)c3cc4c(cc3C2=O)OCO4)CC1.CI.CI. The van der Waals surface area contributed by atoms with E-state index in [1.807, 2.05) is 57.5 Å². The fraction of sp³-hybridized carbons (Fsp3) is 0.578. The van der Waals surface area contributed by atoms with Crippen LogP contribution in [0, 0.1) is 11.8 Å². The number of carbonyl (C=O) groups excluding carboxylic acids is 5. The number of nitrogens with zero attached hydrogens (tertiary/aromatic N) is 4. The number of hydrogen-bond donors (Lipinski definition) is 0. The van der Waals surface area contributed by atoms with Gasteiger partial charge < -0.3 is 43.1 Å². The Morgan fingerprint density at radius 1 is 0.581 bits per heavy atom. The molecule has 5 amide bonds. The number of carbonyl (C=O) groups is 5. The molecule has 0 unspecified atom stereocenters. The van der Waals surface area contributed by atoms with Crippen molar-refractivity contribution >= 4 is 80.8 Å². The minimum Gasteiger partial charge on any atom is -0.454 e. The van der Waals surface area contributed by atoms with Crippen LogP contribution in [0.5, 0.6) is 23.0 Å². The van der Waals surface area contributed by atoms with Gasteiger partial charge in [0.25, 0.3) is 17.7 Å². The van der Waals surface area contributed by atoms with Crippen LogP contribution >= 0.6 is 45.2 Å². The molecule has 0 aromatic heterocycles. The predicted octanol–water partition coefficient (Wildman–Crippen LogP) is 9.03. The predicted molar refractivity (Wildman–Crippen MR) is 251 cm³/mol. The fourth-order valence-corrected chi connectivity index (χ4v) is 7.97. The van der Waals surface area contributed by atoms with Crippen molar-refractivity contribution in [3.05, 3.63) is 53.1 Å². The van der Waals surface area contributed by atoms with E-state index in [4.69, 9.17) is 28.4 Å². The summed E-state index contributed by atoms with van der Waals surface area (Å²) < 4.78 is 32.3. The van der Waals surface area contributed by atoms with Crippen molar-refractivity contribution in [2.75, 3.05) is 62.7 Å². The summed E-state index contributed by atoms with van der Waals surface area (Å²) in [5.41, 5.74) is 1.93. The van der Waals surface area contributed by atoms with Crippen LogP contribution in [0.2, 0.25) is 0 Å². The topological polar surface area (TPSA) is 154 Å². The molecular formula is C45H60I2N4O11. The molecule has 6 heterocycles. The average Bonchev–Trinajstić information content (AvgIpc) is 4.01. The summed E-state index contributed by atoms with van der Waals surface area (Å²) in [7, 11) is 0. The van der Waals surface area contributed by atoms with E-state index < -0.39 is 11.2 Å². The van der Waals surface area contributed by atoms with Crippen molar-refractivity contribution in [3.8, 4) is 23.0 Å². The highest BCUT2D eigenvalue weighted by Gasteiger charge is 2.39. The van der Waals surface area contributed by atoms with Gasteiger partial charge in [-0.15, -0.1) is 0 Å². The number of likely N-dealkylation sites (tertiary alicyclic amines) is 2. The minimum absolute atomic E-state index is 0.0329. The molecular weight excluding hydrogens is 1030 g/mol. The van der Waals surface area contributed by atoms with E-state index >= 15 is 0 Å². The Hall–Kier alpha value is -4.01. The second kappa shape index (κ2) is 21.1. The number of ether oxygens (including phenoxy) is 6. The van der Waals surface area contributed by atoms with Crippen LogP contribution < -0.4 is 18.9 Å². The van der Waals surface area contributed by atoms with Gasteiger partial charge in [0.2, 0.25) is 13.6 Å². The Labute approximate surface area is 392 Å². The van der Waals surface area contributed by atoms with E-state index in [0.29, 0.717) is 90.8 Å². The molecule has 8 rings (SSSR count). The highest BCUT2D eigenvalue weighted by Crippen LogP contribution is 2.42. The highest BCUT2D eigenvalue weighted by atomic mass is 127. The van der Waals surface area contributed by atoms with Gasteiger partial charge in [-0.2, -0.15) is 0 Å². The molecule has 2 aromatic rings. The first-order chi connectivity index (χ1) is 29.5. The summed E-state index contributed by atoms with van der Waals surface area (Å²) in [6, 6.07) is 6.79. The summed E-state index contributed by atoms with van der Waals surface area (Å²) in [5, 5.41) is 0. The number of benzene rings is 2. The maximum atomic E-state index is 12.9. The largest absolute Gasteiger partial charge is 0.454 e. The van der Waals surface area contributed by atoms with E-state index in [9.17, 15) is 24.0 Å². The third-order valence-corrected chi connectivity index (χ3v) is 11.1. The van der Waals surface area contributed by atoms with Crippen molar-refractivity contribution in [2.45, 2.75) is 91.3 Å². The number of imide groups is 1. The molecule has 0 saturated carbocycles. The van der Waals surface area contributed by atoms with Gasteiger partial charge in [-0.1, -0.05) is 51.8 Å². The van der Waals surface area contributed by atoms with Gasteiger partial charge in [-0.25, -0.2) is 9.59 Å². The van der Waals surface area contributed by atoms with Gasteiger partial charge in [-0.05, 0) is 126 Å². The number of alkyl halides is 2. The molecule has 6 aliphatic rings. The monoisotopic (exact) mass is 1090 g/mol. The standard InChI is InChI=1S/C22H28N2O5.C21H26N2O6.2CH3I/c1-14-16-11-18-19(28-13-27-18)12-17(16)20(25)24(14)10-7-15-5-8-23(9-6-15)21(26)29-22(2,3)4;1-21(2,3)29-20(26)22-7-4-13(5-8-22)6-9-23-18(24)14-10-16-17(28-12-27-16)11-15(14)19(23)25;2*1-2/h11-12,15H,1,5-10,13H2,2-4H3;10-11,13H,4-9,12H2,1-3H3;2*1H3. The minimum atomic E-state index is -0.504. The maximum absolute atomic E-state index is 12.9. The van der Waals surface area contributed by atoms with Crippen LogP contribution in [0.3, 0.4) is 0 Å². The molecule has 0 spiro atoms. The first-order valence-electron chi connectivity index (χ1n) is 20.9. The smallest absolute Gasteiger partial charge is 0.410 e. The van der Waals surface area contributed by atoms with Crippen LogP contribution in [0.15, 0.2) is 30.8 Å². The Balaban J connectivity index is 0.000000217. The summed E-state index contributed by atoms with van der Waals surface area (Å²) in [5.74, 6) is 2.50. The zero-order valence-electron chi connectivity index (χ0n) is 37.1. The molecule has 0 aliphatic carbocycles. The molecule has 0 N–H and O–H groups in total. The quantitative estimate of drug-likeness (QED) is 0.155. The van der Waals surface area contributed by atoms with Crippen LogP contribution in [0.1, 0.15) is 117 Å². The number of hydrogen-bond acceptors (Lipinski definition) is 11. The molecule has 340 valence electrons. The normalized spacial score (nSPS) is 18.0. The summed E-state index contributed by atoms with van der Waals surface area (Å²) in [6.45, 7) is 19.2. The molecule has 2 saturated heterocycles. The van der Waals surface area contributed by atoms with Gasteiger partial charge in [0.15, 0.2) is 23.0 Å². The third kappa shape index (κ3) is 11.8. The van der Waals surface area contributed by atoms with Gasteiger partial charge >= 0.3 is 12.2 Å². The number of halogens is 2. The molecule has 0 atom stereocenters. The Kier molecular flexibility index (Phi) is 16.7. The van der Waals surface area contributed by atoms with E-state index in [-0.39, 0.29) is 43.5 Å². The lowest BCUT2D eigenvalue weighted by atomic mass is 9.93. The van der Waals surface area contributed by atoms with E-state index in [2.05, 4.69) is 51.8 Å². The summed E-state index contributed by atoms with van der Waals surface area (Å²) in [6.07, 6.45) is 4.57. The zero-order chi connectivity index (χ0) is 45.5. The van der Waals surface area contributed by atoms with E-state index in [0.717, 1.165) is 49.8 Å². The summed E-state index contributed by atoms with van der Waals surface area (Å²) >= 11 is 4.30. The first-order valence-corrected chi connectivity index (χ1v) is 25.2. The lowest BCUT2D eigenvalue weighted by Crippen LogP contribution is -2.42. The number of fused-ring (bicyclic) bond motifs is 4. The molecule has 6 aliphatic heterocycles. The molecule has 62 heavy (non-hydrogen) atoms. The zero-order valence-corrected chi connectivity index (χ0v) is 41.4. The van der Waals surface area contributed by atoms with E-state index in [1.54, 1.807) is 32.9 Å².